The molecule has 172 valence electrons. The van der Waals surface area contributed by atoms with Crippen molar-refractivity contribution in [1.82, 2.24) is 14.9 Å². The molecule has 0 aliphatic carbocycles. The van der Waals surface area contributed by atoms with Crippen LogP contribution < -0.4 is 15.5 Å². The monoisotopic (exact) mass is 458 g/mol. The van der Waals surface area contributed by atoms with Gasteiger partial charge in [0.25, 0.3) is 5.91 Å². The Kier molecular flexibility index (Phi) is 8.24. The van der Waals surface area contributed by atoms with E-state index in [0.717, 1.165) is 5.69 Å². The number of piperazine rings is 1. The summed E-state index contributed by atoms with van der Waals surface area (Å²) in [6.07, 6.45) is 0.318. The summed E-state index contributed by atoms with van der Waals surface area (Å²) < 4.78 is 26.8. The minimum atomic E-state index is -3.37. The highest BCUT2D eigenvalue weighted by Gasteiger charge is 2.26. The SMILES string of the molecule is Cc1cccc(N2CCN(S(=O)(=O)CCCNC(=O)CNC(=O)c3ccccc3)CC2)c1. The molecule has 1 heterocycles. The van der Waals surface area contributed by atoms with Crippen LogP contribution in [0.5, 0.6) is 0 Å². The van der Waals surface area contributed by atoms with Gasteiger partial charge >= 0.3 is 0 Å². The molecule has 2 aromatic rings. The summed E-state index contributed by atoms with van der Waals surface area (Å²) in [7, 11) is -3.37. The first-order chi connectivity index (χ1) is 15.3. The molecule has 1 saturated heterocycles. The van der Waals surface area contributed by atoms with Gasteiger partial charge in [-0.2, -0.15) is 4.31 Å². The maximum atomic E-state index is 12.6. The third-order valence-corrected chi connectivity index (χ3v) is 7.30. The molecule has 0 spiro atoms. The van der Waals surface area contributed by atoms with Crippen LogP contribution >= 0.6 is 0 Å². The van der Waals surface area contributed by atoms with Crippen LogP contribution in [-0.4, -0.2) is 69.6 Å². The molecule has 1 aliphatic heterocycles. The Morgan fingerprint density at radius 1 is 0.938 bits per heavy atom. The van der Waals surface area contributed by atoms with E-state index in [0.29, 0.717) is 38.2 Å². The molecule has 32 heavy (non-hydrogen) atoms. The first-order valence-electron chi connectivity index (χ1n) is 10.7. The smallest absolute Gasteiger partial charge is 0.251 e. The molecule has 2 amide bonds. The van der Waals surface area contributed by atoms with Gasteiger partial charge in [-0.1, -0.05) is 30.3 Å². The van der Waals surface area contributed by atoms with Gasteiger partial charge in [-0.3, -0.25) is 9.59 Å². The number of benzene rings is 2. The Balaban J connectivity index is 1.34. The number of amides is 2. The zero-order valence-electron chi connectivity index (χ0n) is 18.3. The van der Waals surface area contributed by atoms with Crippen LogP contribution in [0.25, 0.3) is 0 Å². The lowest BCUT2D eigenvalue weighted by Gasteiger charge is -2.35. The molecule has 1 aliphatic rings. The quantitative estimate of drug-likeness (QED) is 0.553. The Morgan fingerprint density at radius 2 is 1.66 bits per heavy atom. The Morgan fingerprint density at radius 3 is 2.34 bits per heavy atom. The standard InChI is InChI=1S/C23H30N4O4S/c1-19-7-5-10-21(17-19)26-12-14-27(15-13-26)32(30,31)16-6-11-24-22(28)18-25-23(29)20-8-3-2-4-9-20/h2-5,7-10,17H,6,11-16,18H2,1H3,(H,24,28)(H,25,29). The van der Waals surface area contributed by atoms with Gasteiger partial charge in [0.05, 0.1) is 12.3 Å². The van der Waals surface area contributed by atoms with Gasteiger partial charge in [-0.05, 0) is 43.2 Å². The molecule has 3 rings (SSSR count). The number of aryl methyl sites for hydroxylation is 1. The molecule has 0 bridgehead atoms. The van der Waals surface area contributed by atoms with Gasteiger partial charge in [-0.25, -0.2) is 8.42 Å². The lowest BCUT2D eigenvalue weighted by atomic mass is 10.2. The molecule has 0 atom stereocenters. The topological polar surface area (TPSA) is 98.8 Å². The van der Waals surface area contributed by atoms with Gasteiger partial charge in [0.15, 0.2) is 0 Å². The predicted molar refractivity (Wildman–Crippen MR) is 125 cm³/mol. The number of carbonyl (C=O) groups excluding carboxylic acids is 2. The normalized spacial score (nSPS) is 14.7. The van der Waals surface area contributed by atoms with E-state index in [-0.39, 0.29) is 30.7 Å². The van der Waals surface area contributed by atoms with Crippen molar-refractivity contribution in [3.05, 3.63) is 65.7 Å². The summed E-state index contributed by atoms with van der Waals surface area (Å²) in [6.45, 7) is 4.34. The number of nitrogens with zero attached hydrogens (tertiary/aromatic N) is 2. The van der Waals surface area contributed by atoms with E-state index < -0.39 is 10.0 Å². The van der Waals surface area contributed by atoms with Crippen LogP contribution in [0.1, 0.15) is 22.3 Å². The summed E-state index contributed by atoms with van der Waals surface area (Å²) in [5, 5.41) is 5.20. The van der Waals surface area contributed by atoms with Crippen molar-refractivity contribution in [2.75, 3.05) is 49.9 Å². The van der Waals surface area contributed by atoms with E-state index in [4.69, 9.17) is 0 Å². The third kappa shape index (κ3) is 6.80. The van der Waals surface area contributed by atoms with E-state index in [2.05, 4.69) is 21.6 Å². The van der Waals surface area contributed by atoms with Crippen molar-refractivity contribution in [2.45, 2.75) is 13.3 Å². The molecule has 2 N–H and O–H groups in total. The van der Waals surface area contributed by atoms with E-state index >= 15 is 0 Å². The van der Waals surface area contributed by atoms with E-state index in [1.54, 1.807) is 24.3 Å². The highest BCUT2D eigenvalue weighted by atomic mass is 32.2. The zero-order chi connectivity index (χ0) is 23.0. The molecule has 8 nitrogen and oxygen atoms in total. The molecular formula is C23H30N4O4S. The average Bonchev–Trinajstić information content (AvgIpc) is 2.81. The minimum absolute atomic E-state index is 0.0197. The summed E-state index contributed by atoms with van der Waals surface area (Å²) in [5.41, 5.74) is 2.78. The lowest BCUT2D eigenvalue weighted by molar-refractivity contribution is -0.120. The summed E-state index contributed by atoms with van der Waals surface area (Å²) in [4.78, 5) is 26.0. The van der Waals surface area contributed by atoms with Crippen molar-refractivity contribution in [2.24, 2.45) is 0 Å². The summed E-state index contributed by atoms with van der Waals surface area (Å²) >= 11 is 0. The third-order valence-electron chi connectivity index (χ3n) is 5.35. The fourth-order valence-corrected chi connectivity index (χ4v) is 5.06. The van der Waals surface area contributed by atoms with E-state index in [1.807, 2.05) is 31.2 Å². The highest BCUT2D eigenvalue weighted by Crippen LogP contribution is 2.19. The summed E-state index contributed by atoms with van der Waals surface area (Å²) in [5.74, 6) is -0.694. The second-order valence-corrected chi connectivity index (χ2v) is 9.88. The van der Waals surface area contributed by atoms with Crippen molar-refractivity contribution in [3.63, 3.8) is 0 Å². The lowest BCUT2D eigenvalue weighted by Crippen LogP contribution is -2.49. The zero-order valence-corrected chi connectivity index (χ0v) is 19.1. The van der Waals surface area contributed by atoms with Crippen molar-refractivity contribution >= 4 is 27.5 Å². The van der Waals surface area contributed by atoms with Gasteiger partial charge in [0, 0.05) is 44.0 Å². The van der Waals surface area contributed by atoms with Crippen LogP contribution in [0.15, 0.2) is 54.6 Å². The molecule has 9 heteroatoms. The Hall–Kier alpha value is -2.91. The van der Waals surface area contributed by atoms with Crippen LogP contribution in [0.2, 0.25) is 0 Å². The molecular weight excluding hydrogens is 428 g/mol. The number of rotatable bonds is 9. The molecule has 1 fully saturated rings. The largest absolute Gasteiger partial charge is 0.369 e. The van der Waals surface area contributed by atoms with Crippen LogP contribution in [0.3, 0.4) is 0 Å². The van der Waals surface area contributed by atoms with Gasteiger partial charge < -0.3 is 15.5 Å². The van der Waals surface area contributed by atoms with Crippen molar-refractivity contribution in [1.29, 1.82) is 0 Å². The first kappa shape index (κ1) is 23.7. The second kappa shape index (κ2) is 11.1. The predicted octanol–water partition coefficient (Wildman–Crippen LogP) is 1.38. The maximum Gasteiger partial charge on any atom is 0.251 e. The minimum Gasteiger partial charge on any atom is -0.369 e. The van der Waals surface area contributed by atoms with Crippen molar-refractivity contribution in [3.8, 4) is 0 Å². The number of carbonyl (C=O) groups is 2. The average molecular weight is 459 g/mol. The molecule has 0 saturated carbocycles. The van der Waals surface area contributed by atoms with Gasteiger partial charge in [0.2, 0.25) is 15.9 Å². The Labute approximate surface area is 189 Å². The maximum absolute atomic E-state index is 12.6. The van der Waals surface area contributed by atoms with E-state index in [9.17, 15) is 18.0 Å². The van der Waals surface area contributed by atoms with E-state index in [1.165, 1.54) is 9.87 Å². The van der Waals surface area contributed by atoms with Crippen LogP contribution in [-0.2, 0) is 14.8 Å². The van der Waals surface area contributed by atoms with Gasteiger partial charge in [-0.15, -0.1) is 0 Å². The number of hydrogen-bond donors (Lipinski definition) is 2. The van der Waals surface area contributed by atoms with Crippen LogP contribution in [0.4, 0.5) is 5.69 Å². The number of nitrogens with one attached hydrogen (secondary N) is 2. The Bertz CT molecular complexity index is 1020. The molecule has 2 aromatic carbocycles. The first-order valence-corrected chi connectivity index (χ1v) is 12.4. The second-order valence-electron chi connectivity index (χ2n) is 7.79. The summed E-state index contributed by atoms with van der Waals surface area (Å²) in [6, 6.07) is 16.8. The van der Waals surface area contributed by atoms with Crippen LogP contribution in [0, 0.1) is 6.92 Å². The number of hydrogen-bond acceptors (Lipinski definition) is 5. The fraction of sp³-hybridized carbons (Fsp3) is 0.391. The fourth-order valence-electron chi connectivity index (χ4n) is 3.58. The molecule has 0 radical (unpaired) electrons. The number of sulfonamides is 1. The molecule has 0 unspecified atom stereocenters. The van der Waals surface area contributed by atoms with Gasteiger partial charge in [0.1, 0.15) is 0 Å². The van der Waals surface area contributed by atoms with Crippen molar-refractivity contribution < 1.29 is 18.0 Å². The number of anilines is 1. The highest BCUT2D eigenvalue weighted by molar-refractivity contribution is 7.89. The molecule has 0 aromatic heterocycles.